The van der Waals surface area contributed by atoms with E-state index in [1.807, 2.05) is 12.1 Å². The second-order valence-electron chi connectivity index (χ2n) is 8.59. The lowest BCUT2D eigenvalue weighted by Crippen LogP contribution is -2.21. The number of benzene rings is 1. The summed E-state index contributed by atoms with van der Waals surface area (Å²) < 4.78 is 10.5. The smallest absolute Gasteiger partial charge is 0.335 e. The topological polar surface area (TPSA) is 93.1 Å². The molecule has 0 spiro atoms. The van der Waals surface area contributed by atoms with Crippen LogP contribution in [0, 0.1) is 5.92 Å². The van der Waals surface area contributed by atoms with Crippen molar-refractivity contribution in [3.8, 4) is 0 Å². The first-order valence-corrected chi connectivity index (χ1v) is 11.4. The summed E-state index contributed by atoms with van der Waals surface area (Å²) in [5.41, 5.74) is 2.10. The standard InChI is InChI=1S/C26H36O6/c1-4-5-20-6-8-21(9-7-20)22-10-12-23(13-11-22)24(16-31-25(29)18(2)14-27)17-32-26(30)19(3)15-28/h10-13,20-21,24,27-28H,2-9,14-17H2,1H3. The Kier molecular flexibility index (Phi) is 10.6. The SMILES string of the molecule is C=C(CO)C(=O)OCC(COC(=O)C(=C)CO)c1ccc(C2CCC(CCC)CC2)cc1. The number of hydrogen-bond donors (Lipinski definition) is 2. The summed E-state index contributed by atoms with van der Waals surface area (Å²) in [7, 11) is 0. The zero-order chi connectivity index (χ0) is 23.5. The number of hydrogen-bond acceptors (Lipinski definition) is 6. The maximum absolute atomic E-state index is 11.9. The lowest BCUT2D eigenvalue weighted by Gasteiger charge is -2.29. The van der Waals surface area contributed by atoms with Gasteiger partial charge in [-0.15, -0.1) is 0 Å². The van der Waals surface area contributed by atoms with Gasteiger partial charge in [0.05, 0.1) is 30.3 Å². The highest BCUT2D eigenvalue weighted by molar-refractivity contribution is 5.88. The van der Waals surface area contributed by atoms with Crippen molar-refractivity contribution in [2.24, 2.45) is 5.92 Å². The maximum Gasteiger partial charge on any atom is 0.335 e. The van der Waals surface area contributed by atoms with Gasteiger partial charge in [0.2, 0.25) is 0 Å². The molecule has 6 heteroatoms. The monoisotopic (exact) mass is 444 g/mol. The number of carbonyl (C=O) groups excluding carboxylic acids is 2. The van der Waals surface area contributed by atoms with Gasteiger partial charge in [-0.1, -0.05) is 57.2 Å². The molecule has 1 saturated carbocycles. The molecule has 0 saturated heterocycles. The minimum atomic E-state index is -0.691. The van der Waals surface area contributed by atoms with E-state index in [1.165, 1.54) is 44.1 Å². The second-order valence-corrected chi connectivity index (χ2v) is 8.59. The van der Waals surface area contributed by atoms with Crippen molar-refractivity contribution in [1.29, 1.82) is 0 Å². The van der Waals surface area contributed by atoms with Crippen LogP contribution in [0.2, 0.25) is 0 Å². The van der Waals surface area contributed by atoms with Crippen LogP contribution in [-0.4, -0.2) is 48.6 Å². The van der Waals surface area contributed by atoms with Gasteiger partial charge >= 0.3 is 11.9 Å². The fourth-order valence-corrected chi connectivity index (χ4v) is 4.16. The number of esters is 2. The number of carbonyl (C=O) groups is 2. The molecule has 0 amide bonds. The van der Waals surface area contributed by atoms with Gasteiger partial charge in [-0.3, -0.25) is 0 Å². The third-order valence-corrected chi connectivity index (χ3v) is 6.21. The molecule has 0 aliphatic heterocycles. The first-order valence-electron chi connectivity index (χ1n) is 11.4. The highest BCUT2D eigenvalue weighted by atomic mass is 16.5. The van der Waals surface area contributed by atoms with E-state index < -0.39 is 31.1 Å². The van der Waals surface area contributed by atoms with Crippen LogP contribution in [0.15, 0.2) is 48.6 Å². The summed E-state index contributed by atoms with van der Waals surface area (Å²) in [5, 5.41) is 18.1. The normalized spacial score (nSPS) is 18.2. The van der Waals surface area contributed by atoms with Gasteiger partial charge in [0.15, 0.2) is 0 Å². The van der Waals surface area contributed by atoms with Gasteiger partial charge in [-0.2, -0.15) is 0 Å². The van der Waals surface area contributed by atoms with Crippen molar-refractivity contribution in [1.82, 2.24) is 0 Å². The molecule has 6 nitrogen and oxygen atoms in total. The fourth-order valence-electron chi connectivity index (χ4n) is 4.16. The van der Waals surface area contributed by atoms with Crippen LogP contribution in [0.3, 0.4) is 0 Å². The van der Waals surface area contributed by atoms with Gasteiger partial charge in [0, 0.05) is 0 Å². The van der Waals surface area contributed by atoms with Crippen molar-refractivity contribution in [3.05, 3.63) is 59.7 Å². The average molecular weight is 445 g/mol. The van der Waals surface area contributed by atoms with Crippen LogP contribution in [0.25, 0.3) is 0 Å². The minimum Gasteiger partial charge on any atom is -0.461 e. The van der Waals surface area contributed by atoms with E-state index in [0.29, 0.717) is 5.92 Å². The largest absolute Gasteiger partial charge is 0.461 e. The van der Waals surface area contributed by atoms with E-state index in [9.17, 15) is 9.59 Å². The van der Waals surface area contributed by atoms with Crippen molar-refractivity contribution >= 4 is 11.9 Å². The maximum atomic E-state index is 11.9. The lowest BCUT2D eigenvalue weighted by atomic mass is 9.77. The summed E-state index contributed by atoms with van der Waals surface area (Å²) in [6, 6.07) is 8.19. The fraction of sp³-hybridized carbons (Fsp3) is 0.538. The molecule has 1 aliphatic rings. The zero-order valence-corrected chi connectivity index (χ0v) is 19.1. The molecule has 1 fully saturated rings. The van der Waals surface area contributed by atoms with Crippen LogP contribution in [0.1, 0.15) is 68.4 Å². The highest BCUT2D eigenvalue weighted by Crippen LogP contribution is 2.37. The van der Waals surface area contributed by atoms with Crippen LogP contribution >= 0.6 is 0 Å². The van der Waals surface area contributed by atoms with Crippen LogP contribution in [-0.2, 0) is 19.1 Å². The highest BCUT2D eigenvalue weighted by Gasteiger charge is 2.23. The quantitative estimate of drug-likeness (QED) is 0.374. The van der Waals surface area contributed by atoms with E-state index in [2.05, 4.69) is 32.2 Å². The Morgan fingerprint density at radius 1 is 0.938 bits per heavy atom. The lowest BCUT2D eigenvalue weighted by molar-refractivity contribution is -0.142. The second kappa shape index (κ2) is 13.2. The molecule has 176 valence electrons. The molecule has 32 heavy (non-hydrogen) atoms. The first-order chi connectivity index (χ1) is 15.4. The van der Waals surface area contributed by atoms with Crippen LogP contribution < -0.4 is 0 Å². The number of ether oxygens (including phenoxy) is 2. The van der Waals surface area contributed by atoms with Gasteiger partial charge in [0.25, 0.3) is 0 Å². The molecule has 1 aliphatic carbocycles. The molecular weight excluding hydrogens is 408 g/mol. The minimum absolute atomic E-state index is 0.0296. The molecule has 0 bridgehead atoms. The van der Waals surface area contributed by atoms with Crippen molar-refractivity contribution in [2.75, 3.05) is 26.4 Å². The summed E-state index contributed by atoms with van der Waals surface area (Å²) in [6.07, 6.45) is 7.52. The van der Waals surface area contributed by atoms with Gasteiger partial charge < -0.3 is 19.7 Å². The van der Waals surface area contributed by atoms with E-state index in [1.54, 1.807) is 0 Å². The van der Waals surface area contributed by atoms with E-state index >= 15 is 0 Å². The number of rotatable bonds is 12. The van der Waals surface area contributed by atoms with Crippen LogP contribution in [0.5, 0.6) is 0 Å². The summed E-state index contributed by atoms with van der Waals surface area (Å²) >= 11 is 0. The molecular formula is C26H36O6. The molecule has 0 unspecified atom stereocenters. The predicted octanol–water partition coefficient (Wildman–Crippen LogP) is 4.03. The first kappa shape index (κ1) is 25.8. The Hall–Kier alpha value is -2.44. The van der Waals surface area contributed by atoms with Gasteiger partial charge in [-0.05, 0) is 48.6 Å². The Morgan fingerprint density at radius 3 is 1.88 bits per heavy atom. The average Bonchev–Trinajstić information content (AvgIpc) is 2.83. The Morgan fingerprint density at radius 2 is 1.44 bits per heavy atom. The molecule has 0 radical (unpaired) electrons. The molecule has 2 rings (SSSR count). The third kappa shape index (κ3) is 7.61. The summed E-state index contributed by atoms with van der Waals surface area (Å²) in [4.78, 5) is 23.8. The van der Waals surface area contributed by atoms with Crippen molar-refractivity contribution in [3.63, 3.8) is 0 Å². The van der Waals surface area contributed by atoms with E-state index in [-0.39, 0.29) is 24.4 Å². The number of aliphatic hydroxyl groups is 2. The molecule has 1 aromatic rings. The van der Waals surface area contributed by atoms with E-state index in [0.717, 1.165) is 11.5 Å². The Bertz CT molecular complexity index is 742. The van der Waals surface area contributed by atoms with Crippen LogP contribution in [0.4, 0.5) is 0 Å². The summed E-state index contributed by atoms with van der Waals surface area (Å²) in [6.45, 7) is 8.15. The molecule has 2 N–H and O–H groups in total. The molecule has 0 atom stereocenters. The molecule has 0 heterocycles. The van der Waals surface area contributed by atoms with Gasteiger partial charge in [-0.25, -0.2) is 9.59 Å². The van der Waals surface area contributed by atoms with Gasteiger partial charge in [0.1, 0.15) is 13.2 Å². The van der Waals surface area contributed by atoms with E-state index in [4.69, 9.17) is 19.7 Å². The van der Waals surface area contributed by atoms with Crippen molar-refractivity contribution < 1.29 is 29.3 Å². The summed E-state index contributed by atoms with van der Waals surface area (Å²) in [5.74, 6) is -0.359. The van der Waals surface area contributed by atoms with Crippen molar-refractivity contribution in [2.45, 2.75) is 57.3 Å². The molecule has 1 aromatic carbocycles. The Labute approximate surface area is 190 Å². The number of aliphatic hydroxyl groups excluding tert-OH is 2. The third-order valence-electron chi connectivity index (χ3n) is 6.21. The Balaban J connectivity index is 2.05. The zero-order valence-electron chi connectivity index (χ0n) is 19.1. The molecule has 0 aromatic heterocycles. The predicted molar refractivity (Wildman–Crippen MR) is 123 cm³/mol.